The monoisotopic (exact) mass is 242 g/mol. The minimum atomic E-state index is -4.49. The van der Waals surface area contributed by atoms with Gasteiger partial charge in [-0.2, -0.15) is 13.2 Å². The van der Waals surface area contributed by atoms with Crippen LogP contribution in [0.25, 0.3) is 0 Å². The molecule has 0 N–H and O–H groups in total. The van der Waals surface area contributed by atoms with Crippen molar-refractivity contribution < 1.29 is 26.3 Å². The minimum absolute atomic E-state index is 0.483. The van der Waals surface area contributed by atoms with E-state index in [2.05, 4.69) is 0 Å². The van der Waals surface area contributed by atoms with Gasteiger partial charge in [0.15, 0.2) is 17.5 Å². The van der Waals surface area contributed by atoms with Crippen molar-refractivity contribution >= 4 is 0 Å². The molecule has 0 aliphatic carbocycles. The lowest BCUT2D eigenvalue weighted by Gasteiger charge is -2.15. The third-order valence-electron chi connectivity index (χ3n) is 2.20. The van der Waals surface area contributed by atoms with E-state index < -0.39 is 41.5 Å². The maximum atomic E-state index is 13.0. The zero-order valence-electron chi connectivity index (χ0n) is 8.21. The zero-order valence-corrected chi connectivity index (χ0v) is 8.21. The summed E-state index contributed by atoms with van der Waals surface area (Å²) in [6.45, 7) is 0.848. The van der Waals surface area contributed by atoms with Gasteiger partial charge in [-0.05, 0) is 18.1 Å². The van der Waals surface area contributed by atoms with E-state index in [9.17, 15) is 26.3 Å². The number of rotatable bonds is 2. The number of hydrogen-bond acceptors (Lipinski definition) is 0. The Hall–Kier alpha value is -1.20. The van der Waals surface area contributed by atoms with Gasteiger partial charge in [-0.1, -0.05) is 13.0 Å². The first-order valence-electron chi connectivity index (χ1n) is 4.42. The Labute approximate surface area is 87.9 Å². The molecule has 0 saturated carbocycles. The van der Waals surface area contributed by atoms with Crippen molar-refractivity contribution in [3.8, 4) is 0 Å². The molecule has 0 spiro atoms. The lowest BCUT2D eigenvalue weighted by Crippen LogP contribution is -2.22. The van der Waals surface area contributed by atoms with Crippen LogP contribution in [0.3, 0.4) is 0 Å². The van der Waals surface area contributed by atoms with Gasteiger partial charge in [-0.15, -0.1) is 0 Å². The molecule has 0 amide bonds. The van der Waals surface area contributed by atoms with Crippen molar-refractivity contribution in [2.75, 3.05) is 0 Å². The largest absolute Gasteiger partial charge is 0.391 e. The van der Waals surface area contributed by atoms with Gasteiger partial charge in [0.25, 0.3) is 0 Å². The molecule has 0 saturated heterocycles. The van der Waals surface area contributed by atoms with Crippen LogP contribution in [0, 0.1) is 23.4 Å². The van der Waals surface area contributed by atoms with Crippen molar-refractivity contribution in [3.05, 3.63) is 35.1 Å². The normalized spacial score (nSPS) is 13.9. The second-order valence-corrected chi connectivity index (χ2v) is 3.48. The summed E-state index contributed by atoms with van der Waals surface area (Å²) in [7, 11) is 0. The highest BCUT2D eigenvalue weighted by atomic mass is 19.4. The number of alkyl halides is 3. The molecule has 0 bridgehead atoms. The molecular formula is C10H8F6. The second-order valence-electron chi connectivity index (χ2n) is 3.48. The van der Waals surface area contributed by atoms with Crippen LogP contribution in [0.4, 0.5) is 26.3 Å². The Balaban J connectivity index is 2.95. The van der Waals surface area contributed by atoms with Gasteiger partial charge in [0.2, 0.25) is 0 Å². The molecule has 1 unspecified atom stereocenters. The van der Waals surface area contributed by atoms with Gasteiger partial charge in [-0.3, -0.25) is 0 Å². The third kappa shape index (κ3) is 2.68. The maximum absolute atomic E-state index is 13.0. The Bertz CT molecular complexity index is 382. The molecule has 0 aliphatic heterocycles. The van der Waals surface area contributed by atoms with Crippen molar-refractivity contribution in [1.82, 2.24) is 0 Å². The molecule has 0 heterocycles. The predicted octanol–water partition coefficient (Wildman–Crippen LogP) is 3.84. The lowest BCUT2D eigenvalue weighted by molar-refractivity contribution is -0.169. The molecule has 0 aromatic heterocycles. The summed E-state index contributed by atoms with van der Waals surface area (Å²) >= 11 is 0. The average Bonchev–Trinajstić information content (AvgIpc) is 2.17. The summed E-state index contributed by atoms with van der Waals surface area (Å²) in [5, 5.41) is 0. The van der Waals surface area contributed by atoms with E-state index in [0.29, 0.717) is 6.07 Å². The van der Waals surface area contributed by atoms with Gasteiger partial charge >= 0.3 is 6.18 Å². The van der Waals surface area contributed by atoms with E-state index in [4.69, 9.17) is 0 Å². The fourth-order valence-electron chi connectivity index (χ4n) is 1.17. The SMILES string of the molecule is CC(Cc1ccc(F)c(F)c1F)C(F)(F)F. The highest BCUT2D eigenvalue weighted by Gasteiger charge is 2.36. The van der Waals surface area contributed by atoms with Crippen LogP contribution in [0.1, 0.15) is 12.5 Å². The molecule has 90 valence electrons. The maximum Gasteiger partial charge on any atom is 0.391 e. The number of halogens is 6. The number of hydrogen-bond donors (Lipinski definition) is 0. The van der Waals surface area contributed by atoms with Crippen LogP contribution in [0.5, 0.6) is 0 Å². The molecule has 1 atom stereocenters. The van der Waals surface area contributed by atoms with Crippen LogP contribution in [-0.2, 0) is 6.42 Å². The van der Waals surface area contributed by atoms with Crippen LogP contribution in [-0.4, -0.2) is 6.18 Å². The van der Waals surface area contributed by atoms with E-state index in [1.54, 1.807) is 0 Å². The molecule has 6 heteroatoms. The first-order valence-corrected chi connectivity index (χ1v) is 4.42. The standard InChI is InChI=1S/C10H8F6/c1-5(10(14,15)16)4-6-2-3-7(11)9(13)8(6)12/h2-3,5H,4H2,1H3. The first kappa shape index (κ1) is 12.9. The van der Waals surface area contributed by atoms with Crippen molar-refractivity contribution in [2.24, 2.45) is 5.92 Å². The summed E-state index contributed by atoms with van der Waals surface area (Å²) in [5.41, 5.74) is -0.483. The fraction of sp³-hybridized carbons (Fsp3) is 0.400. The second kappa shape index (κ2) is 4.35. The molecule has 1 aromatic carbocycles. The minimum Gasteiger partial charge on any atom is -0.204 e. The summed E-state index contributed by atoms with van der Waals surface area (Å²) in [6, 6.07) is 1.42. The topological polar surface area (TPSA) is 0 Å². The van der Waals surface area contributed by atoms with Gasteiger partial charge in [-0.25, -0.2) is 13.2 Å². The van der Waals surface area contributed by atoms with E-state index in [1.165, 1.54) is 0 Å². The van der Waals surface area contributed by atoms with Crippen LogP contribution in [0.15, 0.2) is 12.1 Å². The zero-order chi connectivity index (χ0) is 12.5. The van der Waals surface area contributed by atoms with Crippen molar-refractivity contribution in [3.63, 3.8) is 0 Å². The first-order chi connectivity index (χ1) is 7.23. The molecule has 0 fully saturated rings. The molecule has 1 aromatic rings. The Morgan fingerprint density at radius 3 is 2.12 bits per heavy atom. The predicted molar refractivity (Wildman–Crippen MR) is 45.2 cm³/mol. The highest BCUT2D eigenvalue weighted by Crippen LogP contribution is 2.29. The van der Waals surface area contributed by atoms with Crippen LogP contribution >= 0.6 is 0 Å². The van der Waals surface area contributed by atoms with Crippen LogP contribution in [0.2, 0.25) is 0 Å². The Kier molecular flexibility index (Phi) is 3.50. The summed E-state index contributed by atoms with van der Waals surface area (Å²) in [4.78, 5) is 0. The molecule has 0 nitrogen and oxygen atoms in total. The van der Waals surface area contributed by atoms with Crippen molar-refractivity contribution in [1.29, 1.82) is 0 Å². The van der Waals surface area contributed by atoms with E-state index in [-0.39, 0.29) is 0 Å². The molecule has 0 aliphatic rings. The third-order valence-corrected chi connectivity index (χ3v) is 2.20. The summed E-state index contributed by atoms with van der Waals surface area (Å²) in [5.74, 6) is -6.53. The van der Waals surface area contributed by atoms with Crippen LogP contribution < -0.4 is 0 Å². The summed E-state index contributed by atoms with van der Waals surface area (Å²) in [6.07, 6.45) is -5.20. The Morgan fingerprint density at radius 2 is 1.62 bits per heavy atom. The highest BCUT2D eigenvalue weighted by molar-refractivity contribution is 5.20. The summed E-state index contributed by atoms with van der Waals surface area (Å²) < 4.78 is 74.7. The Morgan fingerprint density at radius 1 is 1.06 bits per heavy atom. The average molecular weight is 242 g/mol. The fourth-order valence-corrected chi connectivity index (χ4v) is 1.17. The number of benzene rings is 1. The smallest absolute Gasteiger partial charge is 0.204 e. The lowest BCUT2D eigenvalue weighted by atomic mass is 10.00. The molecule has 16 heavy (non-hydrogen) atoms. The molecule has 1 rings (SSSR count). The van der Waals surface area contributed by atoms with E-state index >= 15 is 0 Å². The van der Waals surface area contributed by atoms with Crippen molar-refractivity contribution in [2.45, 2.75) is 19.5 Å². The van der Waals surface area contributed by atoms with E-state index in [1.807, 2.05) is 0 Å². The molecular weight excluding hydrogens is 234 g/mol. The van der Waals surface area contributed by atoms with E-state index in [0.717, 1.165) is 13.0 Å². The van der Waals surface area contributed by atoms with Gasteiger partial charge in [0, 0.05) is 0 Å². The van der Waals surface area contributed by atoms with Gasteiger partial charge in [0.1, 0.15) is 0 Å². The quantitative estimate of drug-likeness (QED) is 0.546. The van der Waals surface area contributed by atoms with Gasteiger partial charge < -0.3 is 0 Å². The molecule has 0 radical (unpaired) electrons. The van der Waals surface area contributed by atoms with Gasteiger partial charge in [0.05, 0.1) is 5.92 Å².